The molecule has 0 spiro atoms. The van der Waals surface area contributed by atoms with Gasteiger partial charge in [0.05, 0.1) is 28.0 Å². The van der Waals surface area contributed by atoms with Crippen LogP contribution in [0.2, 0.25) is 0 Å². The Kier molecular flexibility index (Phi) is 3.74. The van der Waals surface area contributed by atoms with Crippen molar-refractivity contribution < 1.29 is 8.42 Å². The number of aryl methyl sites for hydroxylation is 3. The fraction of sp³-hybridized carbons (Fsp3) is 0.235. The van der Waals surface area contributed by atoms with Crippen molar-refractivity contribution in [2.24, 2.45) is 0 Å². The van der Waals surface area contributed by atoms with E-state index in [1.54, 1.807) is 30.6 Å². The van der Waals surface area contributed by atoms with E-state index in [2.05, 4.69) is 11.1 Å². The Labute approximate surface area is 130 Å². The summed E-state index contributed by atoms with van der Waals surface area (Å²) in [6, 6.07) is 12.7. The van der Waals surface area contributed by atoms with Gasteiger partial charge in [-0.1, -0.05) is 18.2 Å². The molecule has 0 bridgehead atoms. The van der Waals surface area contributed by atoms with Crippen LogP contribution >= 0.6 is 0 Å². The molecule has 22 heavy (non-hydrogen) atoms. The van der Waals surface area contributed by atoms with E-state index in [0.29, 0.717) is 11.4 Å². The summed E-state index contributed by atoms with van der Waals surface area (Å²) in [4.78, 5) is 4.73. The minimum absolute atomic E-state index is 0.0649. The van der Waals surface area contributed by atoms with E-state index in [-0.39, 0.29) is 5.75 Å². The van der Waals surface area contributed by atoms with Crippen LogP contribution in [0, 0.1) is 13.8 Å². The van der Waals surface area contributed by atoms with Crippen molar-refractivity contribution in [3.8, 4) is 0 Å². The van der Waals surface area contributed by atoms with Crippen LogP contribution in [0.1, 0.15) is 11.1 Å². The van der Waals surface area contributed by atoms with Gasteiger partial charge in [0.25, 0.3) is 0 Å². The molecule has 0 radical (unpaired) electrons. The van der Waals surface area contributed by atoms with E-state index >= 15 is 0 Å². The van der Waals surface area contributed by atoms with Crippen LogP contribution in [0.5, 0.6) is 0 Å². The molecule has 0 aliphatic heterocycles. The van der Waals surface area contributed by atoms with E-state index in [0.717, 1.165) is 11.0 Å². The van der Waals surface area contributed by atoms with Gasteiger partial charge in [-0.15, -0.1) is 0 Å². The van der Waals surface area contributed by atoms with Gasteiger partial charge in [-0.3, -0.25) is 0 Å². The first-order valence-electron chi connectivity index (χ1n) is 7.17. The molecule has 114 valence electrons. The van der Waals surface area contributed by atoms with Crippen LogP contribution in [0.15, 0.2) is 53.7 Å². The average molecular weight is 314 g/mol. The molecule has 3 aromatic rings. The van der Waals surface area contributed by atoms with Crippen LogP contribution in [0.25, 0.3) is 11.0 Å². The minimum Gasteiger partial charge on any atom is -0.330 e. The lowest BCUT2D eigenvalue weighted by atomic mass is 10.1. The van der Waals surface area contributed by atoms with Crippen molar-refractivity contribution in [3.63, 3.8) is 0 Å². The predicted octanol–water partition coefficient (Wildman–Crippen LogP) is 3.13. The first-order valence-corrected chi connectivity index (χ1v) is 8.82. The lowest BCUT2D eigenvalue weighted by Crippen LogP contribution is -2.12. The topological polar surface area (TPSA) is 52.0 Å². The zero-order valence-electron chi connectivity index (χ0n) is 12.7. The van der Waals surface area contributed by atoms with Gasteiger partial charge in [0.15, 0.2) is 9.84 Å². The molecule has 0 atom stereocenters. The fourth-order valence-corrected chi connectivity index (χ4v) is 3.70. The summed E-state index contributed by atoms with van der Waals surface area (Å²) in [5.41, 5.74) is 4.25. The van der Waals surface area contributed by atoms with Crippen molar-refractivity contribution >= 4 is 20.9 Å². The minimum atomic E-state index is -3.27. The van der Waals surface area contributed by atoms with Crippen LogP contribution in [-0.4, -0.2) is 23.7 Å². The summed E-state index contributed by atoms with van der Waals surface area (Å²) in [5, 5.41) is 0. The van der Waals surface area contributed by atoms with E-state index < -0.39 is 9.84 Å². The first-order chi connectivity index (χ1) is 10.5. The summed E-state index contributed by atoms with van der Waals surface area (Å²) in [7, 11) is -3.27. The highest BCUT2D eigenvalue weighted by Crippen LogP contribution is 2.19. The number of aromatic nitrogens is 2. The molecule has 0 aliphatic rings. The van der Waals surface area contributed by atoms with Crippen molar-refractivity contribution in [2.45, 2.75) is 25.3 Å². The Morgan fingerprint density at radius 2 is 1.73 bits per heavy atom. The van der Waals surface area contributed by atoms with Gasteiger partial charge >= 0.3 is 0 Å². The second-order valence-corrected chi connectivity index (χ2v) is 7.60. The highest BCUT2D eigenvalue weighted by atomic mass is 32.2. The third-order valence-corrected chi connectivity index (χ3v) is 5.65. The lowest BCUT2D eigenvalue weighted by Gasteiger charge is -2.07. The first kappa shape index (κ1) is 14.8. The molecule has 1 heterocycles. The molecule has 3 rings (SSSR count). The summed E-state index contributed by atoms with van der Waals surface area (Å²) >= 11 is 0. The second kappa shape index (κ2) is 5.57. The largest absolute Gasteiger partial charge is 0.330 e. The summed E-state index contributed by atoms with van der Waals surface area (Å²) in [5.74, 6) is 0.0649. The fourth-order valence-electron chi connectivity index (χ4n) is 2.46. The molecule has 5 heteroatoms. The number of hydrogen-bond donors (Lipinski definition) is 0. The second-order valence-electron chi connectivity index (χ2n) is 5.50. The zero-order valence-corrected chi connectivity index (χ0v) is 13.5. The number of hydrogen-bond acceptors (Lipinski definition) is 3. The van der Waals surface area contributed by atoms with Gasteiger partial charge in [-0.2, -0.15) is 0 Å². The highest BCUT2D eigenvalue weighted by molar-refractivity contribution is 7.91. The summed E-state index contributed by atoms with van der Waals surface area (Å²) in [6.07, 6.45) is 1.71. The van der Waals surface area contributed by atoms with E-state index in [1.807, 2.05) is 30.5 Å². The molecule has 0 fully saturated rings. The van der Waals surface area contributed by atoms with Crippen molar-refractivity contribution in [2.75, 3.05) is 5.75 Å². The number of imidazole rings is 1. The van der Waals surface area contributed by atoms with Gasteiger partial charge < -0.3 is 4.57 Å². The molecule has 1 aromatic heterocycles. The molecule has 0 unspecified atom stereocenters. The summed E-state index contributed by atoms with van der Waals surface area (Å²) in [6.45, 7) is 4.50. The maximum atomic E-state index is 12.4. The van der Waals surface area contributed by atoms with Crippen molar-refractivity contribution in [1.82, 2.24) is 9.55 Å². The monoisotopic (exact) mass is 314 g/mol. The summed E-state index contributed by atoms with van der Waals surface area (Å²) < 4.78 is 26.6. The molecule has 0 saturated heterocycles. The Hall–Kier alpha value is -2.14. The third kappa shape index (κ3) is 2.76. The molecule has 0 saturated carbocycles. The SMILES string of the molecule is Cc1cc2ncn(CCS(=O)(=O)c3ccccc3)c2cc1C. The van der Waals surface area contributed by atoms with Crippen molar-refractivity contribution in [3.05, 3.63) is 59.9 Å². The maximum Gasteiger partial charge on any atom is 0.180 e. The van der Waals surface area contributed by atoms with Crippen LogP contribution < -0.4 is 0 Å². The Balaban J connectivity index is 1.87. The number of fused-ring (bicyclic) bond motifs is 1. The van der Waals surface area contributed by atoms with E-state index in [9.17, 15) is 8.42 Å². The maximum absolute atomic E-state index is 12.4. The van der Waals surface area contributed by atoms with Gasteiger partial charge in [-0.25, -0.2) is 13.4 Å². The Bertz CT molecular complexity index is 912. The molecular formula is C17H18N2O2S. The van der Waals surface area contributed by atoms with Crippen molar-refractivity contribution in [1.29, 1.82) is 0 Å². The molecule has 0 aliphatic carbocycles. The number of nitrogens with zero attached hydrogens (tertiary/aromatic N) is 2. The molecule has 2 aromatic carbocycles. The standard InChI is InChI=1S/C17H18N2O2S/c1-13-10-16-17(11-14(13)2)19(12-18-16)8-9-22(20,21)15-6-4-3-5-7-15/h3-7,10-12H,8-9H2,1-2H3. The number of sulfone groups is 1. The molecular weight excluding hydrogens is 296 g/mol. The molecule has 0 amide bonds. The molecule has 0 N–H and O–H groups in total. The third-order valence-electron chi connectivity index (χ3n) is 3.94. The van der Waals surface area contributed by atoms with E-state index in [4.69, 9.17) is 0 Å². The van der Waals surface area contributed by atoms with E-state index in [1.165, 1.54) is 11.1 Å². The van der Waals surface area contributed by atoms with Gasteiger partial charge in [0.1, 0.15) is 0 Å². The zero-order chi connectivity index (χ0) is 15.7. The highest BCUT2D eigenvalue weighted by Gasteiger charge is 2.14. The average Bonchev–Trinajstić information content (AvgIpc) is 2.89. The quantitative estimate of drug-likeness (QED) is 0.743. The normalized spacial score (nSPS) is 11.9. The van der Waals surface area contributed by atoms with Gasteiger partial charge in [-0.05, 0) is 49.2 Å². The number of rotatable bonds is 4. The Morgan fingerprint density at radius 3 is 2.45 bits per heavy atom. The lowest BCUT2D eigenvalue weighted by molar-refractivity contribution is 0.590. The van der Waals surface area contributed by atoms with Crippen LogP contribution in [0.4, 0.5) is 0 Å². The van der Waals surface area contributed by atoms with Crippen LogP contribution in [-0.2, 0) is 16.4 Å². The Morgan fingerprint density at radius 1 is 1.05 bits per heavy atom. The predicted molar refractivity (Wildman–Crippen MR) is 87.7 cm³/mol. The van der Waals surface area contributed by atoms with Gasteiger partial charge in [0.2, 0.25) is 0 Å². The number of benzene rings is 2. The van der Waals surface area contributed by atoms with Gasteiger partial charge in [0, 0.05) is 6.54 Å². The van der Waals surface area contributed by atoms with Crippen LogP contribution in [0.3, 0.4) is 0 Å². The molecule has 4 nitrogen and oxygen atoms in total. The smallest absolute Gasteiger partial charge is 0.180 e.